The highest BCUT2D eigenvalue weighted by atomic mass is 32.2. The average Bonchev–Trinajstić information content (AvgIpc) is 2.59. The number of hydrogen-bond donors (Lipinski definition) is 2. The highest BCUT2D eigenvalue weighted by molar-refractivity contribution is 7.91. The van der Waals surface area contributed by atoms with Crippen molar-refractivity contribution >= 4 is 27.7 Å². The summed E-state index contributed by atoms with van der Waals surface area (Å²) >= 11 is 0. The number of aromatic nitrogens is 2. The highest BCUT2D eigenvalue weighted by Crippen LogP contribution is 2.13. The molecule has 1 aliphatic rings. The number of halogens is 3. The molecule has 2 N–H and O–H groups in total. The molecule has 0 saturated carbocycles. The van der Waals surface area contributed by atoms with Gasteiger partial charge in [-0.15, -0.1) is 0 Å². The Morgan fingerprint density at radius 1 is 1.18 bits per heavy atom. The van der Waals surface area contributed by atoms with Crippen molar-refractivity contribution < 1.29 is 50.9 Å². The first kappa shape index (κ1) is 23.3. The first-order chi connectivity index (χ1) is 12.8. The second kappa shape index (κ2) is 9.43. The van der Waals surface area contributed by atoms with E-state index in [1.165, 1.54) is 22.0 Å². The zero-order chi connectivity index (χ0) is 21.5. The van der Waals surface area contributed by atoms with Gasteiger partial charge < -0.3 is 15.1 Å². The molecule has 1 amide bonds. The lowest BCUT2D eigenvalue weighted by Gasteiger charge is -2.26. The minimum Gasteiger partial charge on any atom is -0.481 e. The first-order valence-electron chi connectivity index (χ1n) is 7.69. The van der Waals surface area contributed by atoms with Crippen molar-refractivity contribution in [3.05, 3.63) is 24.0 Å². The topological polar surface area (TPSA) is 146 Å². The Kier molecular flexibility index (Phi) is 7.84. The number of alkyl halides is 3. The van der Waals surface area contributed by atoms with E-state index in [1.54, 1.807) is 6.07 Å². The van der Waals surface area contributed by atoms with Gasteiger partial charge in [0, 0.05) is 19.2 Å². The number of aryl methyl sites for hydroxylation is 1. The van der Waals surface area contributed by atoms with E-state index in [2.05, 4.69) is 5.10 Å². The van der Waals surface area contributed by atoms with E-state index in [0.717, 1.165) is 0 Å². The Labute approximate surface area is 157 Å². The number of nitrogens with zero attached hydrogens (tertiary/aromatic N) is 3. The molecule has 0 bridgehead atoms. The summed E-state index contributed by atoms with van der Waals surface area (Å²) in [6.07, 6.45) is -2.22. The van der Waals surface area contributed by atoms with Gasteiger partial charge in [0.25, 0.3) is 5.91 Å². The van der Waals surface area contributed by atoms with Crippen LogP contribution in [0.4, 0.5) is 13.2 Å². The molecule has 0 atom stereocenters. The molecule has 10 nitrogen and oxygen atoms in total. The summed E-state index contributed by atoms with van der Waals surface area (Å²) in [6.45, 7) is 0.607. The van der Waals surface area contributed by atoms with Crippen molar-refractivity contribution in [1.82, 2.24) is 10.00 Å². The van der Waals surface area contributed by atoms with Gasteiger partial charge >= 0.3 is 18.1 Å². The fourth-order valence-corrected chi connectivity index (χ4v) is 3.15. The van der Waals surface area contributed by atoms with E-state index in [0.29, 0.717) is 5.56 Å². The Bertz CT molecular complexity index is 812. The predicted octanol–water partition coefficient (Wildman–Crippen LogP) is -0.652. The van der Waals surface area contributed by atoms with E-state index in [4.69, 9.17) is 15.0 Å². The fraction of sp³-hybridized carbons (Fsp3) is 0.500. The van der Waals surface area contributed by atoms with E-state index < -0.39 is 28.0 Å². The van der Waals surface area contributed by atoms with Gasteiger partial charge in [0.05, 0.1) is 17.1 Å². The first-order valence-corrected chi connectivity index (χ1v) is 9.51. The molecule has 0 radical (unpaired) electrons. The van der Waals surface area contributed by atoms with Gasteiger partial charge in [0.2, 0.25) is 0 Å². The average molecular weight is 428 g/mol. The van der Waals surface area contributed by atoms with Gasteiger partial charge in [-0.05, 0) is 5.10 Å². The number of sulfone groups is 1. The van der Waals surface area contributed by atoms with Crippen LogP contribution in [-0.2, 0) is 26.0 Å². The smallest absolute Gasteiger partial charge is 0.481 e. The monoisotopic (exact) mass is 428 g/mol. The third kappa shape index (κ3) is 7.85. The maximum Gasteiger partial charge on any atom is 0.490 e. The van der Waals surface area contributed by atoms with Crippen LogP contribution in [0.25, 0.3) is 0 Å². The number of amides is 1. The number of carbonyl (C=O) groups is 3. The second-order valence-electron chi connectivity index (χ2n) is 5.57. The summed E-state index contributed by atoms with van der Waals surface area (Å²) < 4.78 is 55.8. The van der Waals surface area contributed by atoms with Crippen molar-refractivity contribution in [2.45, 2.75) is 19.1 Å². The van der Waals surface area contributed by atoms with Crippen LogP contribution in [0.2, 0.25) is 0 Å². The number of aliphatic carboxylic acids is 2. The molecule has 2 heterocycles. The van der Waals surface area contributed by atoms with Gasteiger partial charge in [-0.2, -0.15) is 13.2 Å². The van der Waals surface area contributed by atoms with Crippen LogP contribution in [0.15, 0.2) is 18.5 Å². The fourth-order valence-electron chi connectivity index (χ4n) is 1.95. The van der Waals surface area contributed by atoms with Gasteiger partial charge in [-0.1, -0.05) is 4.68 Å². The van der Waals surface area contributed by atoms with E-state index in [-0.39, 0.29) is 43.5 Å². The number of hydrogen-bond acceptors (Lipinski definition) is 6. The SMILES string of the molecule is O=C(O)C(F)(F)F.O=C(O)CC[n+]1ccc(C(=O)N2CCS(=O)(=O)CC2)cn1. The van der Waals surface area contributed by atoms with Crippen LogP contribution in [0.3, 0.4) is 0 Å². The van der Waals surface area contributed by atoms with Crippen LogP contribution in [0.5, 0.6) is 0 Å². The molecule has 1 fully saturated rings. The summed E-state index contributed by atoms with van der Waals surface area (Å²) in [5.74, 6) is -3.97. The maximum absolute atomic E-state index is 12.2. The maximum atomic E-state index is 12.2. The molecule has 0 spiro atoms. The molecule has 1 aliphatic heterocycles. The molecule has 0 unspecified atom stereocenters. The number of rotatable bonds is 4. The Balaban J connectivity index is 0.000000480. The number of carbonyl (C=O) groups excluding carboxylic acids is 1. The lowest BCUT2D eigenvalue weighted by atomic mass is 10.2. The molecule has 0 aliphatic carbocycles. The predicted molar refractivity (Wildman–Crippen MR) is 84.9 cm³/mol. The van der Waals surface area contributed by atoms with Crippen LogP contribution in [0, 0.1) is 0 Å². The molecular formula is C14H17F3N3O7S+. The van der Waals surface area contributed by atoms with Crippen LogP contribution in [-0.4, -0.2) is 77.2 Å². The lowest BCUT2D eigenvalue weighted by Crippen LogP contribution is -2.44. The zero-order valence-electron chi connectivity index (χ0n) is 14.3. The molecule has 156 valence electrons. The van der Waals surface area contributed by atoms with Crippen molar-refractivity contribution in [3.8, 4) is 0 Å². The molecule has 28 heavy (non-hydrogen) atoms. The Morgan fingerprint density at radius 2 is 1.71 bits per heavy atom. The van der Waals surface area contributed by atoms with E-state index in [9.17, 15) is 31.2 Å². The number of carboxylic acid groups (broad SMARTS) is 2. The van der Waals surface area contributed by atoms with Gasteiger partial charge in [-0.25, -0.2) is 13.2 Å². The highest BCUT2D eigenvalue weighted by Gasteiger charge is 2.38. The van der Waals surface area contributed by atoms with Gasteiger partial charge in [-0.3, -0.25) is 9.59 Å². The van der Waals surface area contributed by atoms with E-state index >= 15 is 0 Å². The number of carboxylic acids is 2. The largest absolute Gasteiger partial charge is 0.490 e. The van der Waals surface area contributed by atoms with Crippen molar-refractivity contribution in [2.75, 3.05) is 24.6 Å². The van der Waals surface area contributed by atoms with Crippen molar-refractivity contribution in [2.24, 2.45) is 0 Å². The third-order valence-corrected chi connectivity index (χ3v) is 5.06. The summed E-state index contributed by atoms with van der Waals surface area (Å²) in [6, 6.07) is 1.56. The zero-order valence-corrected chi connectivity index (χ0v) is 15.1. The molecule has 14 heteroatoms. The molecule has 2 rings (SSSR count). The van der Waals surface area contributed by atoms with Crippen LogP contribution in [0.1, 0.15) is 16.8 Å². The molecule has 0 aromatic carbocycles. The standard InChI is InChI=1S/C12H15N3O5S.C2HF3O2/c16-11(17)2-4-15-3-1-10(9-13-15)12(18)14-5-7-21(19,20)8-6-14;3-2(4,5)1(6)7/h1,3,9H,2,4-8H2;(H,6,7)/p+1. The van der Waals surface area contributed by atoms with E-state index in [1.807, 2.05) is 0 Å². The van der Waals surface area contributed by atoms with Crippen molar-refractivity contribution in [3.63, 3.8) is 0 Å². The lowest BCUT2D eigenvalue weighted by molar-refractivity contribution is -0.753. The van der Waals surface area contributed by atoms with Crippen LogP contribution >= 0.6 is 0 Å². The summed E-state index contributed by atoms with van der Waals surface area (Å²) in [5.41, 5.74) is 0.362. The summed E-state index contributed by atoms with van der Waals surface area (Å²) in [7, 11) is -3.02. The molecule has 1 aromatic rings. The Hall–Kier alpha value is -2.77. The van der Waals surface area contributed by atoms with Crippen LogP contribution < -0.4 is 4.68 Å². The third-order valence-electron chi connectivity index (χ3n) is 3.45. The second-order valence-corrected chi connectivity index (χ2v) is 7.87. The minimum atomic E-state index is -5.08. The van der Waals surface area contributed by atoms with Crippen molar-refractivity contribution in [1.29, 1.82) is 0 Å². The molecular weight excluding hydrogens is 411 g/mol. The Morgan fingerprint density at radius 3 is 2.11 bits per heavy atom. The molecule has 1 aromatic heterocycles. The van der Waals surface area contributed by atoms with Gasteiger partial charge in [0.15, 0.2) is 22.6 Å². The normalized spacial score (nSPS) is 15.9. The minimum absolute atomic E-state index is 0.0163. The summed E-state index contributed by atoms with van der Waals surface area (Å²) in [5, 5.41) is 19.7. The quantitative estimate of drug-likeness (QED) is 0.602. The molecule has 1 saturated heterocycles. The summed E-state index contributed by atoms with van der Waals surface area (Å²) in [4.78, 5) is 33.0. The van der Waals surface area contributed by atoms with Gasteiger partial charge in [0.1, 0.15) is 12.6 Å².